The first-order valence-electron chi connectivity index (χ1n) is 10.5. The standard InChI is InChI=1S/C23H41NO4/c1-17-14-15-18(24-21(26)28-22(2,3)4)12-10-8-9-11-13-19(27-7)20(25)23(5,6)16-17/h11,13,16,18-20,25H,8-10,12,14-15H2,1-7H3,(H,24,26). The van der Waals surface area contributed by atoms with Gasteiger partial charge in [-0.3, -0.25) is 0 Å². The molecule has 0 bridgehead atoms. The summed E-state index contributed by atoms with van der Waals surface area (Å²) in [5, 5.41) is 13.9. The number of aliphatic hydroxyl groups excluding tert-OH is 1. The van der Waals surface area contributed by atoms with Crippen LogP contribution < -0.4 is 5.32 Å². The van der Waals surface area contributed by atoms with Gasteiger partial charge >= 0.3 is 6.09 Å². The lowest BCUT2D eigenvalue weighted by molar-refractivity contribution is -0.0316. The highest BCUT2D eigenvalue weighted by Crippen LogP contribution is 2.29. The average Bonchev–Trinajstić information content (AvgIpc) is 2.55. The van der Waals surface area contributed by atoms with Crippen LogP contribution in [0.5, 0.6) is 0 Å². The van der Waals surface area contributed by atoms with Crippen molar-refractivity contribution < 1.29 is 19.4 Å². The van der Waals surface area contributed by atoms with E-state index in [1.54, 1.807) is 7.11 Å². The van der Waals surface area contributed by atoms with E-state index in [1.807, 2.05) is 40.7 Å². The maximum absolute atomic E-state index is 12.2. The number of alkyl carbamates (subject to hydrolysis) is 1. The number of allylic oxidation sites excluding steroid dienone is 2. The lowest BCUT2D eigenvalue weighted by Gasteiger charge is -2.32. The summed E-state index contributed by atoms with van der Waals surface area (Å²) in [7, 11) is 1.64. The molecule has 0 fully saturated rings. The summed E-state index contributed by atoms with van der Waals surface area (Å²) in [5.74, 6) is 0. The molecule has 3 unspecified atom stereocenters. The van der Waals surface area contributed by atoms with Gasteiger partial charge in [0.1, 0.15) is 11.7 Å². The molecule has 0 radical (unpaired) electrons. The molecule has 1 amide bonds. The number of nitrogens with one attached hydrogen (secondary N) is 1. The third kappa shape index (κ3) is 9.24. The Hall–Kier alpha value is -1.33. The Labute approximate surface area is 171 Å². The van der Waals surface area contributed by atoms with Crippen LogP contribution in [0.25, 0.3) is 0 Å². The van der Waals surface area contributed by atoms with E-state index in [0.29, 0.717) is 0 Å². The van der Waals surface area contributed by atoms with Crippen molar-refractivity contribution in [3.63, 3.8) is 0 Å². The molecule has 0 aromatic carbocycles. The zero-order chi connectivity index (χ0) is 21.4. The Morgan fingerprint density at radius 3 is 2.54 bits per heavy atom. The van der Waals surface area contributed by atoms with E-state index in [4.69, 9.17) is 9.47 Å². The molecule has 0 aliphatic heterocycles. The largest absolute Gasteiger partial charge is 0.444 e. The van der Waals surface area contributed by atoms with Gasteiger partial charge in [0.15, 0.2) is 0 Å². The molecular formula is C23H41NO4. The van der Waals surface area contributed by atoms with Crippen LogP contribution in [0.3, 0.4) is 0 Å². The lowest BCUT2D eigenvalue weighted by atomic mass is 9.81. The molecule has 5 heteroatoms. The molecule has 1 aliphatic rings. The van der Waals surface area contributed by atoms with E-state index in [0.717, 1.165) is 38.5 Å². The SMILES string of the molecule is COC1C=CCCCCC(NC(=O)OC(C)(C)C)CCC(C)=CC(C)(C)C1O. The van der Waals surface area contributed by atoms with E-state index < -0.39 is 17.1 Å². The van der Waals surface area contributed by atoms with Crippen molar-refractivity contribution in [1.82, 2.24) is 5.32 Å². The van der Waals surface area contributed by atoms with Crippen LogP contribution in [0.1, 0.15) is 80.1 Å². The Morgan fingerprint density at radius 2 is 1.93 bits per heavy atom. The van der Waals surface area contributed by atoms with Crippen LogP contribution >= 0.6 is 0 Å². The molecule has 2 N–H and O–H groups in total. The van der Waals surface area contributed by atoms with Gasteiger partial charge in [-0.05, 0) is 59.8 Å². The first-order chi connectivity index (χ1) is 12.9. The molecule has 0 heterocycles. The zero-order valence-corrected chi connectivity index (χ0v) is 18.9. The summed E-state index contributed by atoms with van der Waals surface area (Å²) < 4.78 is 10.9. The quantitative estimate of drug-likeness (QED) is 0.635. The molecule has 0 saturated carbocycles. The van der Waals surface area contributed by atoms with Crippen LogP contribution in [0.15, 0.2) is 23.8 Å². The monoisotopic (exact) mass is 395 g/mol. The topological polar surface area (TPSA) is 67.8 Å². The molecule has 162 valence electrons. The Kier molecular flexibility index (Phi) is 9.72. The maximum Gasteiger partial charge on any atom is 0.407 e. The number of carbonyl (C=O) groups excluding carboxylic acids is 1. The molecule has 3 atom stereocenters. The minimum absolute atomic E-state index is 0.0879. The molecule has 0 spiro atoms. The fraction of sp³-hybridized carbons (Fsp3) is 0.783. The highest BCUT2D eigenvalue weighted by molar-refractivity contribution is 5.68. The first-order valence-corrected chi connectivity index (χ1v) is 10.5. The minimum Gasteiger partial charge on any atom is -0.444 e. The van der Waals surface area contributed by atoms with Crippen molar-refractivity contribution in [3.8, 4) is 0 Å². The number of amides is 1. The van der Waals surface area contributed by atoms with Gasteiger partial charge in [-0.1, -0.05) is 44.1 Å². The van der Waals surface area contributed by atoms with Crippen LogP contribution in [0, 0.1) is 5.41 Å². The van der Waals surface area contributed by atoms with Crippen LogP contribution in [-0.4, -0.2) is 42.2 Å². The second-order valence-corrected chi connectivity index (χ2v) is 9.55. The Balaban J connectivity index is 2.89. The van der Waals surface area contributed by atoms with E-state index in [1.165, 1.54) is 5.57 Å². The molecule has 1 aliphatic carbocycles. The Bertz CT molecular complexity index is 545. The van der Waals surface area contributed by atoms with Crippen LogP contribution in [-0.2, 0) is 9.47 Å². The summed E-state index contributed by atoms with van der Waals surface area (Å²) in [5.41, 5.74) is 0.299. The van der Waals surface area contributed by atoms with Gasteiger partial charge in [-0.2, -0.15) is 0 Å². The third-order valence-corrected chi connectivity index (χ3v) is 5.07. The van der Waals surface area contributed by atoms with E-state index in [2.05, 4.69) is 24.4 Å². The molecule has 0 aromatic rings. The fourth-order valence-corrected chi connectivity index (χ4v) is 3.58. The first kappa shape index (κ1) is 24.7. The smallest absolute Gasteiger partial charge is 0.407 e. The van der Waals surface area contributed by atoms with E-state index >= 15 is 0 Å². The molecule has 0 aromatic heterocycles. The minimum atomic E-state index is -0.623. The molecule has 5 nitrogen and oxygen atoms in total. The molecule has 0 saturated heterocycles. The molecule has 1 rings (SSSR count). The number of aliphatic hydroxyl groups is 1. The number of hydrogen-bond donors (Lipinski definition) is 2. The number of carbonyl (C=O) groups is 1. The van der Waals surface area contributed by atoms with Crippen molar-refractivity contribution in [2.24, 2.45) is 5.41 Å². The van der Waals surface area contributed by atoms with Gasteiger partial charge in [0.2, 0.25) is 0 Å². The zero-order valence-electron chi connectivity index (χ0n) is 18.9. The van der Waals surface area contributed by atoms with Crippen molar-refractivity contribution >= 4 is 6.09 Å². The van der Waals surface area contributed by atoms with Crippen molar-refractivity contribution in [2.45, 2.75) is 104 Å². The summed E-state index contributed by atoms with van der Waals surface area (Å²) in [6, 6.07) is 0.0879. The number of hydrogen-bond acceptors (Lipinski definition) is 4. The predicted molar refractivity (Wildman–Crippen MR) is 114 cm³/mol. The summed E-state index contributed by atoms with van der Waals surface area (Å²) in [4.78, 5) is 12.2. The number of rotatable bonds is 2. The van der Waals surface area contributed by atoms with Crippen molar-refractivity contribution in [1.29, 1.82) is 0 Å². The summed E-state index contributed by atoms with van der Waals surface area (Å²) in [6.07, 6.45) is 10.6. The van der Waals surface area contributed by atoms with Gasteiger partial charge in [0.05, 0.1) is 6.10 Å². The van der Waals surface area contributed by atoms with Crippen LogP contribution in [0.2, 0.25) is 0 Å². The summed E-state index contributed by atoms with van der Waals surface area (Å²) >= 11 is 0. The molecule has 28 heavy (non-hydrogen) atoms. The number of ether oxygens (including phenoxy) is 2. The Morgan fingerprint density at radius 1 is 1.25 bits per heavy atom. The van der Waals surface area contributed by atoms with Crippen molar-refractivity contribution in [3.05, 3.63) is 23.8 Å². The second kappa shape index (κ2) is 11.0. The lowest BCUT2D eigenvalue weighted by Crippen LogP contribution is -2.39. The normalized spacial score (nSPS) is 27.4. The van der Waals surface area contributed by atoms with Gasteiger partial charge in [0, 0.05) is 18.6 Å². The van der Waals surface area contributed by atoms with Crippen molar-refractivity contribution in [2.75, 3.05) is 7.11 Å². The maximum atomic E-state index is 12.2. The fourth-order valence-electron chi connectivity index (χ4n) is 3.58. The predicted octanol–water partition coefficient (Wildman–Crippen LogP) is 5.14. The summed E-state index contributed by atoms with van der Waals surface area (Å²) in [6.45, 7) is 11.8. The van der Waals surface area contributed by atoms with Gasteiger partial charge < -0.3 is 19.9 Å². The molecular weight excluding hydrogens is 354 g/mol. The van der Waals surface area contributed by atoms with Crippen LogP contribution in [0.4, 0.5) is 4.79 Å². The highest BCUT2D eigenvalue weighted by Gasteiger charge is 2.31. The van der Waals surface area contributed by atoms with E-state index in [9.17, 15) is 9.90 Å². The number of methoxy groups -OCH3 is 1. The highest BCUT2D eigenvalue weighted by atomic mass is 16.6. The van der Waals surface area contributed by atoms with Gasteiger partial charge in [0.25, 0.3) is 0 Å². The van der Waals surface area contributed by atoms with E-state index in [-0.39, 0.29) is 18.2 Å². The van der Waals surface area contributed by atoms with Gasteiger partial charge in [-0.25, -0.2) is 4.79 Å². The van der Waals surface area contributed by atoms with Gasteiger partial charge in [-0.15, -0.1) is 0 Å². The third-order valence-electron chi connectivity index (χ3n) is 5.07. The average molecular weight is 396 g/mol. The second-order valence-electron chi connectivity index (χ2n) is 9.55.